The summed E-state index contributed by atoms with van der Waals surface area (Å²) in [6, 6.07) is 26.0. The summed E-state index contributed by atoms with van der Waals surface area (Å²) in [5.41, 5.74) is 6.59. The summed E-state index contributed by atoms with van der Waals surface area (Å²) in [5, 5.41) is 12.6. The van der Waals surface area contributed by atoms with Crippen LogP contribution >= 0.6 is 11.3 Å². The van der Waals surface area contributed by atoms with E-state index in [1.165, 1.54) is 30.6 Å². The van der Waals surface area contributed by atoms with Crippen LogP contribution in [-0.2, 0) is 25.0 Å². The van der Waals surface area contributed by atoms with Gasteiger partial charge in [0.05, 0.1) is 37.1 Å². The second kappa shape index (κ2) is 19.0. The Hall–Kier alpha value is -5.83. The molecule has 1 saturated heterocycles. The van der Waals surface area contributed by atoms with Crippen LogP contribution in [0.25, 0.3) is 38.0 Å². The normalized spacial score (nSPS) is 13.3. The van der Waals surface area contributed by atoms with Gasteiger partial charge in [-0.1, -0.05) is 65.7 Å². The van der Waals surface area contributed by atoms with Gasteiger partial charge in [-0.2, -0.15) is 27.0 Å². The Morgan fingerprint density at radius 1 is 0.833 bits per heavy atom. The van der Waals surface area contributed by atoms with Crippen LogP contribution in [0.3, 0.4) is 0 Å². The predicted molar refractivity (Wildman–Crippen MR) is 228 cm³/mol. The number of nitrogens with zero attached hydrogens (tertiary/aromatic N) is 7. The van der Waals surface area contributed by atoms with Crippen molar-refractivity contribution >= 4 is 43.0 Å². The molecule has 1 fully saturated rings. The van der Waals surface area contributed by atoms with Crippen molar-refractivity contribution in [2.45, 2.75) is 37.5 Å². The van der Waals surface area contributed by atoms with Crippen LogP contribution < -0.4 is 4.74 Å². The highest BCUT2D eigenvalue weighted by atomic mass is 32.2. The van der Waals surface area contributed by atoms with Gasteiger partial charge >= 0.3 is 0 Å². The van der Waals surface area contributed by atoms with Gasteiger partial charge in [0.1, 0.15) is 23.7 Å². The molecule has 0 unspecified atom stereocenters. The van der Waals surface area contributed by atoms with Gasteiger partial charge in [-0.05, 0) is 51.1 Å². The number of fused-ring (bicyclic) bond motifs is 1. The number of rotatable bonds is 9. The van der Waals surface area contributed by atoms with Gasteiger partial charge in [-0.25, -0.2) is 14.5 Å². The number of ether oxygens (including phenoxy) is 1. The molecule has 1 aliphatic heterocycles. The molecule has 0 saturated carbocycles. The molecular formula is C41H44N8O8S3. The van der Waals surface area contributed by atoms with Crippen LogP contribution in [0.4, 0.5) is 0 Å². The van der Waals surface area contributed by atoms with E-state index in [2.05, 4.69) is 20.1 Å². The van der Waals surface area contributed by atoms with Gasteiger partial charge < -0.3 is 9.64 Å². The van der Waals surface area contributed by atoms with Gasteiger partial charge in [0.2, 0.25) is 5.91 Å². The maximum absolute atomic E-state index is 11.6. The Balaban J connectivity index is 0.000000223. The summed E-state index contributed by atoms with van der Waals surface area (Å²) in [7, 11) is -8.04. The summed E-state index contributed by atoms with van der Waals surface area (Å²) in [6.45, 7) is 12.0. The molecular weight excluding hydrogens is 829 g/mol. The van der Waals surface area contributed by atoms with E-state index in [0.29, 0.717) is 12.4 Å². The fourth-order valence-electron chi connectivity index (χ4n) is 6.19. The van der Waals surface area contributed by atoms with E-state index in [1.807, 2.05) is 78.8 Å². The minimum atomic E-state index is -4.02. The molecule has 3 aromatic carbocycles. The molecule has 7 aromatic rings. The lowest BCUT2D eigenvalue weighted by atomic mass is 10.1. The van der Waals surface area contributed by atoms with Crippen molar-refractivity contribution in [2.75, 3.05) is 39.3 Å². The summed E-state index contributed by atoms with van der Waals surface area (Å²) >= 11 is 1.57. The maximum Gasteiger partial charge on any atom is 0.294 e. The van der Waals surface area contributed by atoms with Crippen LogP contribution in [0, 0.1) is 20.8 Å². The standard InChI is InChI=1S/C27H28N8O2S.2C7H8O3S/c1-18-23(27-30-24(20-6-4-3-5-7-20)25(38-27)26-28-17-29-31-26)22-16-21(8-9-35(22)32-18)37-15-14-33-10-12-34(13-11-33)19(2)36;2*1-6-2-4-7(5-3-6)11(8,9)10/h3-9,16-17H,10-15H2,1-2H3,(H,28,29,31);2*2-5H,1H3,(H,8,9,10). The number of aromatic amines is 1. The average molecular weight is 873 g/mol. The van der Waals surface area contributed by atoms with Crippen molar-refractivity contribution in [2.24, 2.45) is 0 Å². The van der Waals surface area contributed by atoms with Crippen LogP contribution in [0.5, 0.6) is 5.75 Å². The zero-order chi connectivity index (χ0) is 43.0. The van der Waals surface area contributed by atoms with Crippen molar-refractivity contribution in [3.05, 3.63) is 120 Å². The molecule has 16 nitrogen and oxygen atoms in total. The van der Waals surface area contributed by atoms with Crippen molar-refractivity contribution < 1.29 is 35.5 Å². The second-order valence-electron chi connectivity index (χ2n) is 13.8. The smallest absolute Gasteiger partial charge is 0.294 e. The van der Waals surface area contributed by atoms with Gasteiger partial charge in [0, 0.05) is 57.5 Å². The third kappa shape index (κ3) is 11.3. The fourth-order valence-corrected chi connectivity index (χ4v) is 8.29. The minimum absolute atomic E-state index is 0.0666. The van der Waals surface area contributed by atoms with E-state index in [-0.39, 0.29) is 15.7 Å². The first-order chi connectivity index (χ1) is 28.6. The van der Waals surface area contributed by atoms with Gasteiger partial charge in [0.25, 0.3) is 20.2 Å². The Labute approximate surface area is 352 Å². The molecule has 1 aliphatic rings. The third-order valence-electron chi connectivity index (χ3n) is 9.43. The molecule has 0 atom stereocenters. The summed E-state index contributed by atoms with van der Waals surface area (Å²) in [5.74, 6) is 1.62. The number of piperazine rings is 1. The highest BCUT2D eigenvalue weighted by Gasteiger charge is 2.23. The van der Waals surface area contributed by atoms with Crippen molar-refractivity contribution in [3.8, 4) is 38.3 Å². The molecule has 4 aromatic heterocycles. The number of aryl methyl sites for hydroxylation is 3. The topological polar surface area (TPSA) is 213 Å². The van der Waals surface area contributed by atoms with Crippen LogP contribution in [0.2, 0.25) is 0 Å². The van der Waals surface area contributed by atoms with Crippen LogP contribution in [0.1, 0.15) is 23.7 Å². The second-order valence-corrected chi connectivity index (χ2v) is 17.7. The van der Waals surface area contributed by atoms with Crippen molar-refractivity contribution in [1.82, 2.24) is 39.6 Å². The summed E-state index contributed by atoms with van der Waals surface area (Å²) in [4.78, 5) is 26.0. The van der Waals surface area contributed by atoms with Gasteiger partial charge in [0.15, 0.2) is 5.82 Å². The number of carbonyl (C=O) groups is 1. The Morgan fingerprint density at radius 3 is 1.97 bits per heavy atom. The molecule has 19 heteroatoms. The molecule has 5 heterocycles. The molecule has 0 radical (unpaired) electrons. The summed E-state index contributed by atoms with van der Waals surface area (Å²) in [6.07, 6.45) is 3.44. The largest absolute Gasteiger partial charge is 0.492 e. The zero-order valence-corrected chi connectivity index (χ0v) is 35.7. The number of pyridine rings is 1. The third-order valence-corrected chi connectivity index (χ3v) is 12.2. The van der Waals surface area contributed by atoms with E-state index in [0.717, 1.165) is 87.5 Å². The highest BCUT2D eigenvalue weighted by molar-refractivity contribution is 7.86. The number of hydrogen-bond donors (Lipinski definition) is 3. The minimum Gasteiger partial charge on any atom is -0.492 e. The number of thiazole rings is 1. The van der Waals surface area contributed by atoms with Crippen molar-refractivity contribution in [1.29, 1.82) is 0 Å². The Bertz CT molecular complexity index is 2680. The lowest BCUT2D eigenvalue weighted by molar-refractivity contribution is -0.130. The van der Waals surface area contributed by atoms with E-state index in [4.69, 9.17) is 23.9 Å². The average Bonchev–Trinajstić information content (AvgIpc) is 3.97. The molecule has 60 heavy (non-hydrogen) atoms. The molecule has 3 N–H and O–H groups in total. The first-order valence-electron chi connectivity index (χ1n) is 18.7. The van der Waals surface area contributed by atoms with Gasteiger partial charge in [-0.15, -0.1) is 11.3 Å². The monoisotopic (exact) mass is 872 g/mol. The highest BCUT2D eigenvalue weighted by Crippen LogP contribution is 2.41. The number of hydrogen-bond acceptors (Lipinski definition) is 12. The number of carbonyl (C=O) groups excluding carboxylic acids is 1. The number of amides is 1. The lowest BCUT2D eigenvalue weighted by Crippen LogP contribution is -2.48. The van der Waals surface area contributed by atoms with E-state index >= 15 is 0 Å². The molecule has 8 rings (SSSR count). The first kappa shape index (κ1) is 43.7. The predicted octanol–water partition coefficient (Wildman–Crippen LogP) is 6.24. The Kier molecular flexibility index (Phi) is 13.9. The number of nitrogens with one attached hydrogen (secondary N) is 1. The van der Waals surface area contributed by atoms with Crippen molar-refractivity contribution in [3.63, 3.8) is 0 Å². The lowest BCUT2D eigenvalue weighted by Gasteiger charge is -2.34. The molecule has 314 valence electrons. The zero-order valence-electron chi connectivity index (χ0n) is 33.3. The quantitative estimate of drug-likeness (QED) is 0.137. The van der Waals surface area contributed by atoms with Gasteiger partial charge in [-0.3, -0.25) is 23.9 Å². The number of benzene rings is 3. The molecule has 0 bridgehead atoms. The molecule has 1 amide bonds. The fraction of sp³-hybridized carbons (Fsp3) is 0.244. The molecule has 0 spiro atoms. The maximum atomic E-state index is 11.6. The first-order valence-corrected chi connectivity index (χ1v) is 22.4. The van der Waals surface area contributed by atoms with Crippen LogP contribution in [0.15, 0.2) is 113 Å². The van der Waals surface area contributed by atoms with Crippen LogP contribution in [-0.4, -0.2) is 111 Å². The van der Waals surface area contributed by atoms with E-state index < -0.39 is 20.2 Å². The van der Waals surface area contributed by atoms with E-state index in [9.17, 15) is 21.6 Å². The number of H-pyrrole nitrogens is 1. The number of aromatic nitrogens is 6. The SMILES string of the molecule is CC(=O)N1CCN(CCOc2ccn3nc(C)c(-c4nc(-c5ccccc5)c(-c5ncn[nH]5)s4)c3c2)CC1.Cc1ccc(S(=O)(=O)O)cc1.Cc1ccc(S(=O)(=O)O)cc1. The summed E-state index contributed by atoms with van der Waals surface area (Å²) < 4.78 is 67.1. The van der Waals surface area contributed by atoms with E-state index in [1.54, 1.807) is 42.5 Å². The molecule has 0 aliphatic carbocycles. The Morgan fingerprint density at radius 2 is 1.43 bits per heavy atom.